The van der Waals surface area contributed by atoms with E-state index in [0.717, 1.165) is 11.3 Å². The number of nitrogens with one attached hydrogen (secondary N) is 2. The Morgan fingerprint density at radius 3 is 2.88 bits per heavy atom. The van der Waals surface area contributed by atoms with Crippen molar-refractivity contribution in [3.63, 3.8) is 0 Å². The monoisotopic (exact) mass is 486 g/mol. The van der Waals surface area contributed by atoms with Crippen molar-refractivity contribution in [3.05, 3.63) is 42.5 Å². The molecule has 5 rings (SSSR count). The number of ether oxygens (including phenoxy) is 2. The molecule has 0 bridgehead atoms. The van der Waals surface area contributed by atoms with Gasteiger partial charge in [0.05, 0.1) is 30.6 Å². The van der Waals surface area contributed by atoms with Crippen LogP contribution in [-0.4, -0.2) is 86.0 Å². The zero-order valence-corrected chi connectivity index (χ0v) is 19.3. The normalized spacial score (nSPS) is 26.7. The molecule has 12 heteroatoms. The highest BCUT2D eigenvalue weighted by Crippen LogP contribution is 2.35. The maximum Gasteiger partial charge on any atom is 0.252 e. The second-order valence-electron chi connectivity index (χ2n) is 8.18. The van der Waals surface area contributed by atoms with Crippen molar-refractivity contribution in [2.45, 2.75) is 41.9 Å². The lowest BCUT2D eigenvalue weighted by Gasteiger charge is -2.17. The van der Waals surface area contributed by atoms with Gasteiger partial charge in [0.25, 0.3) is 5.91 Å². The number of benzene rings is 1. The summed E-state index contributed by atoms with van der Waals surface area (Å²) >= 11 is 1.39. The molecule has 2 aromatic heterocycles. The van der Waals surface area contributed by atoms with E-state index in [-0.39, 0.29) is 11.9 Å². The minimum atomic E-state index is -1.17. The van der Waals surface area contributed by atoms with Crippen LogP contribution in [0.25, 0.3) is 11.2 Å². The summed E-state index contributed by atoms with van der Waals surface area (Å²) in [4.78, 5) is 26.0. The average molecular weight is 487 g/mol. The molecule has 2 fully saturated rings. The second kappa shape index (κ2) is 9.84. The minimum absolute atomic E-state index is 0.150. The van der Waals surface area contributed by atoms with Crippen LogP contribution in [0.5, 0.6) is 0 Å². The van der Waals surface area contributed by atoms with Gasteiger partial charge in [-0.2, -0.15) is 0 Å². The van der Waals surface area contributed by atoms with Crippen molar-refractivity contribution in [1.82, 2.24) is 24.8 Å². The average Bonchev–Trinajstić information content (AvgIpc) is 3.59. The summed E-state index contributed by atoms with van der Waals surface area (Å²) in [5.41, 5.74) is 1.59. The lowest BCUT2D eigenvalue weighted by atomic mass is 10.1. The molecule has 5 atom stereocenters. The van der Waals surface area contributed by atoms with Crippen LogP contribution in [0.15, 0.2) is 41.8 Å². The molecule has 4 heterocycles. The number of anilines is 1. The quantitative estimate of drug-likeness (QED) is 0.354. The highest BCUT2D eigenvalue weighted by molar-refractivity contribution is 7.99. The molecule has 3 aromatic rings. The van der Waals surface area contributed by atoms with Crippen LogP contribution in [-0.2, 0) is 9.47 Å². The number of rotatable bonds is 7. The highest BCUT2D eigenvalue weighted by atomic mass is 32.2. The summed E-state index contributed by atoms with van der Waals surface area (Å²) in [6.45, 7) is 1.30. The van der Waals surface area contributed by atoms with Crippen molar-refractivity contribution in [1.29, 1.82) is 0 Å². The van der Waals surface area contributed by atoms with Crippen LogP contribution in [0.2, 0.25) is 0 Å². The van der Waals surface area contributed by atoms with Gasteiger partial charge in [-0.3, -0.25) is 9.36 Å². The Labute approximate surface area is 199 Å². The molecule has 0 saturated carbocycles. The van der Waals surface area contributed by atoms with Crippen LogP contribution < -0.4 is 10.6 Å². The molecule has 2 aliphatic rings. The van der Waals surface area contributed by atoms with Gasteiger partial charge in [-0.1, -0.05) is 12.1 Å². The topological polar surface area (TPSA) is 144 Å². The third-order valence-corrected chi connectivity index (χ3v) is 7.16. The van der Waals surface area contributed by atoms with Crippen LogP contribution >= 0.6 is 11.8 Å². The molecule has 1 aromatic carbocycles. The first-order chi connectivity index (χ1) is 16.6. The SMILES string of the molecule is CNC(=O)c1ccccc1SC[C@H]1OC(n2cnc3c(N[C@@H]4CCOC4)ncnc32)[C@H](O)[C@@H]1O. The van der Waals surface area contributed by atoms with E-state index in [4.69, 9.17) is 9.47 Å². The van der Waals surface area contributed by atoms with Gasteiger partial charge in [-0.05, 0) is 18.6 Å². The van der Waals surface area contributed by atoms with Gasteiger partial charge in [0.15, 0.2) is 23.2 Å². The maximum absolute atomic E-state index is 12.1. The number of imidazole rings is 1. The molecule has 34 heavy (non-hydrogen) atoms. The lowest BCUT2D eigenvalue weighted by Crippen LogP contribution is -2.32. The fraction of sp³-hybridized carbons (Fsp3) is 0.455. The summed E-state index contributed by atoms with van der Waals surface area (Å²) in [6, 6.07) is 7.38. The van der Waals surface area contributed by atoms with Crippen LogP contribution in [0.4, 0.5) is 5.82 Å². The van der Waals surface area contributed by atoms with Crippen LogP contribution in [0.1, 0.15) is 23.0 Å². The van der Waals surface area contributed by atoms with Crippen LogP contribution in [0, 0.1) is 0 Å². The first kappa shape index (κ1) is 23.0. The van der Waals surface area contributed by atoms with E-state index in [0.29, 0.717) is 41.5 Å². The minimum Gasteiger partial charge on any atom is -0.387 e. The van der Waals surface area contributed by atoms with Gasteiger partial charge in [-0.25, -0.2) is 15.0 Å². The Balaban J connectivity index is 1.33. The molecule has 2 saturated heterocycles. The molecule has 1 amide bonds. The van der Waals surface area contributed by atoms with E-state index in [1.54, 1.807) is 23.7 Å². The molecule has 0 spiro atoms. The summed E-state index contributed by atoms with van der Waals surface area (Å²) < 4.78 is 13.1. The number of carbonyl (C=O) groups excluding carboxylic acids is 1. The van der Waals surface area contributed by atoms with Gasteiger partial charge in [-0.15, -0.1) is 11.8 Å². The van der Waals surface area contributed by atoms with E-state index in [1.165, 1.54) is 24.4 Å². The fourth-order valence-electron chi connectivity index (χ4n) is 4.17. The number of hydrogen-bond donors (Lipinski definition) is 4. The van der Waals surface area contributed by atoms with Gasteiger partial charge in [0, 0.05) is 24.3 Å². The maximum atomic E-state index is 12.1. The standard InChI is InChI=1S/C22H26N6O5S/c1-23-21(31)13-4-2-3-5-15(13)34-9-14-17(29)18(30)22(33-14)28-11-26-16-19(24-10-25-20(16)28)27-12-6-7-32-8-12/h2-5,10-12,14,17-18,22,29-30H,6-9H2,1H3,(H,23,31)(H,24,25,27)/t12-,14-,17-,18-,22?/m1/s1. The van der Waals surface area contributed by atoms with Crippen LogP contribution in [0.3, 0.4) is 0 Å². The number of thioether (sulfide) groups is 1. The van der Waals surface area contributed by atoms with Gasteiger partial charge >= 0.3 is 0 Å². The molecular formula is C22H26N6O5S. The van der Waals surface area contributed by atoms with Crippen molar-refractivity contribution < 1.29 is 24.5 Å². The number of aliphatic hydroxyl groups is 2. The largest absolute Gasteiger partial charge is 0.387 e. The Kier molecular flexibility index (Phi) is 6.66. The summed E-state index contributed by atoms with van der Waals surface area (Å²) in [5.74, 6) is 0.746. The van der Waals surface area contributed by atoms with E-state index >= 15 is 0 Å². The molecule has 180 valence electrons. The second-order valence-corrected chi connectivity index (χ2v) is 9.25. The molecular weight excluding hydrogens is 460 g/mol. The van der Waals surface area contributed by atoms with Crippen molar-refractivity contribution in [2.24, 2.45) is 0 Å². The number of aromatic nitrogens is 4. The van der Waals surface area contributed by atoms with Gasteiger partial charge in [0.2, 0.25) is 0 Å². The summed E-state index contributed by atoms with van der Waals surface area (Å²) in [5, 5.41) is 27.4. The number of carbonyl (C=O) groups is 1. The summed E-state index contributed by atoms with van der Waals surface area (Å²) in [7, 11) is 1.58. The molecule has 1 unspecified atom stereocenters. The number of aliphatic hydroxyl groups excluding tert-OH is 2. The zero-order chi connectivity index (χ0) is 23.7. The van der Waals surface area contributed by atoms with Crippen molar-refractivity contribution in [3.8, 4) is 0 Å². The summed E-state index contributed by atoms with van der Waals surface area (Å²) in [6.07, 6.45) is 0.0359. The van der Waals surface area contributed by atoms with Gasteiger partial charge < -0.3 is 30.3 Å². The molecule has 2 aliphatic heterocycles. The number of amides is 1. The Hall–Kier alpha value is -2.77. The van der Waals surface area contributed by atoms with Crippen molar-refractivity contribution in [2.75, 3.05) is 31.3 Å². The molecule has 0 aliphatic carbocycles. The zero-order valence-electron chi connectivity index (χ0n) is 18.5. The predicted molar refractivity (Wildman–Crippen MR) is 125 cm³/mol. The Morgan fingerprint density at radius 1 is 1.24 bits per heavy atom. The number of hydrogen-bond acceptors (Lipinski definition) is 10. The Bertz CT molecular complexity index is 1170. The van der Waals surface area contributed by atoms with E-state index in [1.807, 2.05) is 12.1 Å². The first-order valence-electron chi connectivity index (χ1n) is 11.0. The van der Waals surface area contributed by atoms with Gasteiger partial charge in [0.1, 0.15) is 18.5 Å². The smallest absolute Gasteiger partial charge is 0.252 e. The van der Waals surface area contributed by atoms with E-state index in [2.05, 4.69) is 25.6 Å². The highest BCUT2D eigenvalue weighted by Gasteiger charge is 2.44. The Morgan fingerprint density at radius 2 is 2.09 bits per heavy atom. The third kappa shape index (κ3) is 4.34. The predicted octanol–water partition coefficient (Wildman–Crippen LogP) is 0.798. The first-order valence-corrected chi connectivity index (χ1v) is 12.0. The lowest BCUT2D eigenvalue weighted by molar-refractivity contribution is -0.0289. The number of fused-ring (bicyclic) bond motifs is 1. The van der Waals surface area contributed by atoms with E-state index in [9.17, 15) is 15.0 Å². The van der Waals surface area contributed by atoms with E-state index < -0.39 is 24.5 Å². The fourth-order valence-corrected chi connectivity index (χ4v) is 5.28. The molecule has 4 N–H and O–H groups in total. The molecule has 0 radical (unpaired) electrons. The number of nitrogens with zero attached hydrogens (tertiary/aromatic N) is 4. The molecule has 11 nitrogen and oxygen atoms in total. The third-order valence-electron chi connectivity index (χ3n) is 6.00. The van der Waals surface area contributed by atoms with Crippen molar-refractivity contribution >= 4 is 34.7 Å².